The van der Waals surface area contributed by atoms with Gasteiger partial charge in [-0.25, -0.2) is 9.78 Å². The number of fused-ring (bicyclic) bond motifs is 1. The van der Waals surface area contributed by atoms with Gasteiger partial charge in [0, 0.05) is 18.1 Å². The summed E-state index contributed by atoms with van der Waals surface area (Å²) in [4.78, 5) is 62.4. The Morgan fingerprint density at radius 2 is 2.02 bits per heavy atom. The summed E-state index contributed by atoms with van der Waals surface area (Å²) in [5, 5.41) is 7.70. The summed E-state index contributed by atoms with van der Waals surface area (Å²) in [5.74, 6) is -2.29. The van der Waals surface area contributed by atoms with E-state index in [4.69, 9.17) is 20.0 Å². The number of hydrogen-bond donors (Lipinski definition) is 2. The topological polar surface area (TPSA) is 163 Å². The lowest BCUT2D eigenvalue weighted by molar-refractivity contribution is -0.187. The van der Waals surface area contributed by atoms with Crippen LogP contribution in [0.3, 0.4) is 0 Å². The van der Waals surface area contributed by atoms with Crippen LogP contribution in [-0.2, 0) is 33.5 Å². The number of anilines is 1. The van der Waals surface area contributed by atoms with Gasteiger partial charge in [0.2, 0.25) is 6.29 Å². The maximum absolute atomic E-state index is 13.2. The van der Waals surface area contributed by atoms with Crippen molar-refractivity contribution < 1.29 is 33.5 Å². The number of esters is 2. The molecule has 12 nitrogen and oxygen atoms in total. The van der Waals surface area contributed by atoms with Gasteiger partial charge in [0.25, 0.3) is 11.8 Å². The van der Waals surface area contributed by atoms with Crippen molar-refractivity contribution in [2.75, 3.05) is 18.1 Å². The highest BCUT2D eigenvalue weighted by atomic mass is 32.2. The molecule has 0 radical (unpaired) electrons. The Bertz CT molecular complexity index is 1250. The van der Waals surface area contributed by atoms with Crippen LogP contribution in [0, 0.1) is 5.92 Å². The molecule has 1 aromatic heterocycles. The first kappa shape index (κ1) is 29.3. The number of β-lactam (4-membered cyclic amide) rings is 1. The molecule has 1 aliphatic carbocycles. The Morgan fingerprint density at radius 3 is 2.67 bits per heavy atom. The SMILES string of the molecule is C=CCON=C(C(=O)NC1C(=O)N2C(C(=O)OC(C)OC(=O)C3CCCCC3)=C(C=C)CS[C@H]12)c1csc(N)n1. The van der Waals surface area contributed by atoms with Gasteiger partial charge in [0.05, 0.1) is 5.92 Å². The van der Waals surface area contributed by atoms with Crippen LogP contribution < -0.4 is 11.1 Å². The number of thiazole rings is 1. The first-order chi connectivity index (χ1) is 19.2. The molecule has 1 aromatic rings. The maximum atomic E-state index is 13.2. The first-order valence-corrected chi connectivity index (χ1v) is 14.7. The van der Waals surface area contributed by atoms with E-state index in [2.05, 4.69) is 28.6 Å². The van der Waals surface area contributed by atoms with E-state index in [0.717, 1.165) is 43.4 Å². The Balaban J connectivity index is 1.43. The van der Waals surface area contributed by atoms with E-state index in [9.17, 15) is 19.2 Å². The van der Waals surface area contributed by atoms with Crippen LogP contribution in [0.1, 0.15) is 44.7 Å². The van der Waals surface area contributed by atoms with E-state index in [1.165, 1.54) is 35.7 Å². The van der Waals surface area contributed by atoms with E-state index in [1.807, 2.05) is 0 Å². The van der Waals surface area contributed by atoms with Crippen molar-refractivity contribution in [3.05, 3.63) is 47.7 Å². The highest BCUT2D eigenvalue weighted by molar-refractivity contribution is 8.00. The smallest absolute Gasteiger partial charge is 0.358 e. The third-order valence-electron chi connectivity index (χ3n) is 6.55. The summed E-state index contributed by atoms with van der Waals surface area (Å²) in [6, 6.07) is -0.950. The second-order valence-corrected chi connectivity index (χ2v) is 11.3. The van der Waals surface area contributed by atoms with Gasteiger partial charge in [0.15, 0.2) is 10.8 Å². The molecular formula is C26H31N5O7S2. The van der Waals surface area contributed by atoms with E-state index < -0.39 is 41.5 Å². The van der Waals surface area contributed by atoms with Crippen molar-refractivity contribution in [3.8, 4) is 0 Å². The number of carbonyl (C=O) groups is 4. The number of nitrogens with zero attached hydrogens (tertiary/aromatic N) is 3. The zero-order valence-corrected chi connectivity index (χ0v) is 23.6. The molecule has 14 heteroatoms. The predicted octanol–water partition coefficient (Wildman–Crippen LogP) is 2.48. The monoisotopic (exact) mass is 589 g/mol. The predicted molar refractivity (Wildman–Crippen MR) is 150 cm³/mol. The fourth-order valence-electron chi connectivity index (χ4n) is 4.58. The van der Waals surface area contributed by atoms with Gasteiger partial charge in [0.1, 0.15) is 29.4 Å². The van der Waals surface area contributed by atoms with E-state index in [1.54, 1.807) is 5.38 Å². The number of rotatable bonds is 11. The lowest BCUT2D eigenvalue weighted by atomic mass is 9.89. The van der Waals surface area contributed by atoms with Crippen LogP contribution >= 0.6 is 23.1 Å². The molecule has 3 heterocycles. The summed E-state index contributed by atoms with van der Waals surface area (Å²) >= 11 is 2.47. The number of aromatic nitrogens is 1. The van der Waals surface area contributed by atoms with Gasteiger partial charge in [-0.3, -0.25) is 19.3 Å². The number of ether oxygens (including phenoxy) is 2. The third-order valence-corrected chi connectivity index (χ3v) is 8.52. The molecule has 1 saturated heterocycles. The van der Waals surface area contributed by atoms with Crippen LogP contribution in [0.15, 0.2) is 47.1 Å². The standard InChI is InChI=1S/C26H31N5O7S2/c1-4-11-36-30-18(17-13-40-26(27)28-17)21(32)29-19-22(33)31-20(15(5-2)12-39-23(19)31)25(35)38-14(3)37-24(34)16-9-7-6-8-10-16/h4-5,13-14,16,19,23H,1-2,6-12H2,3H3,(H2,27,28)(H,29,32)/t14?,19?,23-/m1/s1. The molecule has 4 rings (SSSR count). The van der Waals surface area contributed by atoms with Gasteiger partial charge in [-0.2, -0.15) is 0 Å². The molecule has 3 atom stereocenters. The maximum Gasteiger partial charge on any atom is 0.358 e. The van der Waals surface area contributed by atoms with E-state index >= 15 is 0 Å². The molecule has 3 aliphatic rings. The van der Waals surface area contributed by atoms with Gasteiger partial charge >= 0.3 is 11.9 Å². The fourth-order valence-corrected chi connectivity index (χ4v) is 6.47. The van der Waals surface area contributed by atoms with E-state index in [0.29, 0.717) is 11.3 Å². The lowest BCUT2D eigenvalue weighted by Gasteiger charge is -2.49. The molecule has 2 fully saturated rings. The molecule has 214 valence electrons. The van der Waals surface area contributed by atoms with Crippen molar-refractivity contribution >= 4 is 57.7 Å². The molecule has 2 unspecified atom stereocenters. The minimum Gasteiger partial charge on any atom is -0.425 e. The van der Waals surface area contributed by atoms with Gasteiger partial charge in [-0.05, 0) is 18.4 Å². The summed E-state index contributed by atoms with van der Waals surface area (Å²) in [7, 11) is 0. The Labute approximate surface area is 239 Å². The molecule has 0 spiro atoms. The molecule has 0 aromatic carbocycles. The molecule has 40 heavy (non-hydrogen) atoms. The number of amides is 2. The summed E-state index contributed by atoms with van der Waals surface area (Å²) < 4.78 is 10.8. The quantitative estimate of drug-likeness (QED) is 0.0746. The van der Waals surface area contributed by atoms with Gasteiger partial charge in [-0.15, -0.1) is 23.1 Å². The zero-order valence-electron chi connectivity index (χ0n) is 22.0. The Kier molecular flexibility index (Phi) is 9.63. The van der Waals surface area contributed by atoms with Crippen molar-refractivity contribution in [2.45, 2.75) is 56.7 Å². The summed E-state index contributed by atoms with van der Waals surface area (Å²) in [6.45, 7) is 8.81. The lowest BCUT2D eigenvalue weighted by Crippen LogP contribution is -2.71. The van der Waals surface area contributed by atoms with Crippen LogP contribution in [-0.4, -0.2) is 69.4 Å². The minimum atomic E-state index is -1.14. The summed E-state index contributed by atoms with van der Waals surface area (Å²) in [6.07, 6.45) is 6.32. The van der Waals surface area contributed by atoms with Crippen LogP contribution in [0.4, 0.5) is 5.13 Å². The van der Waals surface area contributed by atoms with Crippen molar-refractivity contribution in [3.63, 3.8) is 0 Å². The number of thioether (sulfide) groups is 1. The number of oxime groups is 1. The average molecular weight is 590 g/mol. The third kappa shape index (κ3) is 6.39. The normalized spacial score (nSPS) is 22.0. The largest absolute Gasteiger partial charge is 0.425 e. The summed E-state index contributed by atoms with van der Waals surface area (Å²) in [5.41, 5.74) is 6.24. The molecular weight excluding hydrogens is 558 g/mol. The fraction of sp³-hybridized carbons (Fsp3) is 0.462. The van der Waals surface area contributed by atoms with Gasteiger partial charge in [-0.1, -0.05) is 49.7 Å². The highest BCUT2D eigenvalue weighted by Gasteiger charge is 2.54. The second kappa shape index (κ2) is 13.1. The highest BCUT2D eigenvalue weighted by Crippen LogP contribution is 2.41. The van der Waals surface area contributed by atoms with Crippen molar-refractivity contribution in [2.24, 2.45) is 11.1 Å². The second-order valence-electron chi connectivity index (χ2n) is 9.28. The van der Waals surface area contributed by atoms with Crippen molar-refractivity contribution in [1.29, 1.82) is 0 Å². The Morgan fingerprint density at radius 1 is 1.27 bits per heavy atom. The number of allylic oxidation sites excluding steroid dienone is 1. The van der Waals surface area contributed by atoms with Crippen molar-refractivity contribution in [1.82, 2.24) is 15.2 Å². The molecule has 3 N–H and O–H groups in total. The van der Waals surface area contributed by atoms with Crippen LogP contribution in [0.2, 0.25) is 0 Å². The van der Waals surface area contributed by atoms with Crippen LogP contribution in [0.25, 0.3) is 0 Å². The minimum absolute atomic E-state index is 0.00490. The Hall–Kier alpha value is -3.65. The average Bonchev–Trinajstić information content (AvgIpc) is 3.38. The number of nitrogens with two attached hydrogens (primary N) is 1. The van der Waals surface area contributed by atoms with Crippen LogP contribution in [0.5, 0.6) is 0 Å². The number of nitrogens with one attached hydrogen (secondary N) is 1. The molecule has 2 amide bonds. The number of carbonyl (C=O) groups excluding carboxylic acids is 4. The molecule has 0 bridgehead atoms. The number of hydrogen-bond acceptors (Lipinski definition) is 12. The number of nitrogen functional groups attached to an aromatic ring is 1. The molecule has 2 aliphatic heterocycles. The first-order valence-electron chi connectivity index (χ1n) is 12.8. The zero-order chi connectivity index (χ0) is 28.8. The van der Waals surface area contributed by atoms with E-state index in [-0.39, 0.29) is 34.8 Å². The molecule has 1 saturated carbocycles. The van der Waals surface area contributed by atoms with Gasteiger partial charge < -0.3 is 25.4 Å².